The van der Waals surface area contributed by atoms with Crippen LogP contribution in [0.3, 0.4) is 0 Å². The minimum absolute atomic E-state index is 0. The summed E-state index contributed by atoms with van der Waals surface area (Å²) in [4.78, 5) is 56.5. The van der Waals surface area contributed by atoms with Gasteiger partial charge in [-0.3, -0.25) is 14.4 Å². The molecule has 9 nitrogen and oxygen atoms in total. The second-order valence-electron chi connectivity index (χ2n) is 13.0. The molecule has 46 heavy (non-hydrogen) atoms. The molecule has 5 rings (SSSR count). The van der Waals surface area contributed by atoms with Gasteiger partial charge in [0, 0.05) is 74.0 Å². The molecule has 1 aromatic heterocycles. The van der Waals surface area contributed by atoms with Crippen LogP contribution in [0.5, 0.6) is 0 Å². The maximum Gasteiger partial charge on any atom is 1.00 e. The van der Waals surface area contributed by atoms with Gasteiger partial charge in [-0.2, -0.15) is 0 Å². The summed E-state index contributed by atoms with van der Waals surface area (Å²) in [5.74, 6) is -4.32. The van der Waals surface area contributed by atoms with Gasteiger partial charge in [0.15, 0.2) is 0 Å². The molecule has 2 aromatic rings. The van der Waals surface area contributed by atoms with Crippen LogP contribution in [0.2, 0.25) is 5.02 Å². The molecule has 0 N–H and O–H groups in total. The van der Waals surface area contributed by atoms with E-state index in [-0.39, 0.29) is 108 Å². The molecule has 1 aliphatic carbocycles. The van der Waals surface area contributed by atoms with Crippen molar-refractivity contribution in [1.29, 1.82) is 0 Å². The Hall–Kier alpha value is -1.50. The van der Waals surface area contributed by atoms with Gasteiger partial charge in [0.05, 0.1) is 18.1 Å². The molecule has 2 saturated heterocycles. The summed E-state index contributed by atoms with van der Waals surface area (Å²) < 4.78 is 28.7. The number of carbonyl (C=O) groups is 3. The number of hydrogen-bond donors (Lipinski definition) is 0. The molecule has 2 unspecified atom stereocenters. The first kappa shape index (κ1) is 37.3. The van der Waals surface area contributed by atoms with Crippen LogP contribution in [0.4, 0.5) is 14.5 Å². The second kappa shape index (κ2) is 15.4. The number of amides is 2. The van der Waals surface area contributed by atoms with Crippen LogP contribution >= 0.6 is 11.6 Å². The Morgan fingerprint density at radius 3 is 2.22 bits per heavy atom. The van der Waals surface area contributed by atoms with Gasteiger partial charge in [-0.1, -0.05) is 17.7 Å². The van der Waals surface area contributed by atoms with E-state index >= 15 is 0 Å². The van der Waals surface area contributed by atoms with E-state index in [2.05, 4.69) is 4.90 Å². The minimum atomic E-state index is -2.71. The largest absolute Gasteiger partial charge is 1.00 e. The number of halogens is 3. The Kier molecular flexibility index (Phi) is 12.5. The Morgan fingerprint density at radius 1 is 1.00 bits per heavy atom. The molecular formula is C33H40ClF2N4O5Rb. The van der Waals surface area contributed by atoms with E-state index in [0.717, 1.165) is 29.8 Å². The van der Waals surface area contributed by atoms with Crippen molar-refractivity contribution < 1.29 is 86.5 Å². The van der Waals surface area contributed by atoms with Gasteiger partial charge in [-0.05, 0) is 81.7 Å². The monoisotopic (exact) mass is 730 g/mol. The van der Waals surface area contributed by atoms with Crippen molar-refractivity contribution in [3.8, 4) is 0 Å². The topological polar surface area (TPSA) is 106 Å². The Labute approximate surface area is 322 Å². The number of aromatic nitrogens is 1. The normalized spacial score (nSPS) is 21.1. The quantitative estimate of drug-likeness (QED) is 0.371. The van der Waals surface area contributed by atoms with Gasteiger partial charge in [-0.15, -0.1) is 0 Å². The number of carbonyl (C=O) groups excluding carboxylic acids is 3. The Balaban J connectivity index is 0.00000480. The Bertz CT molecular complexity index is 1530. The SMILES string of the molecule is Cc1ccc(N(CCCN2CC3CN(C(=O)c4c(C)cc(=O)n(CC(=O)[O-])c4C)CC3C2)C(=O)C2CCC(F)(F)CC2)cc1Cl.[Rb+]. The van der Waals surface area contributed by atoms with E-state index < -0.39 is 29.9 Å². The van der Waals surface area contributed by atoms with E-state index in [1.807, 2.05) is 19.1 Å². The van der Waals surface area contributed by atoms with Gasteiger partial charge in [-0.25, -0.2) is 8.78 Å². The number of nitrogens with zero attached hydrogens (tertiary/aromatic N) is 4. The van der Waals surface area contributed by atoms with E-state index in [9.17, 15) is 33.1 Å². The molecule has 0 bridgehead atoms. The van der Waals surface area contributed by atoms with Crippen LogP contribution in [0, 0.1) is 38.5 Å². The fourth-order valence-corrected chi connectivity index (χ4v) is 7.42. The molecule has 0 radical (unpaired) electrons. The summed E-state index contributed by atoms with van der Waals surface area (Å²) in [7, 11) is 0. The molecule has 1 aromatic carbocycles. The van der Waals surface area contributed by atoms with Crippen molar-refractivity contribution in [3.05, 3.63) is 62.0 Å². The first-order valence-electron chi connectivity index (χ1n) is 15.6. The van der Waals surface area contributed by atoms with E-state index in [4.69, 9.17) is 11.6 Å². The minimum Gasteiger partial charge on any atom is -0.548 e. The molecule has 13 heteroatoms. The van der Waals surface area contributed by atoms with Crippen LogP contribution in [-0.4, -0.2) is 77.3 Å². The maximum atomic E-state index is 13.8. The molecule has 1 saturated carbocycles. The van der Waals surface area contributed by atoms with Gasteiger partial charge in [0.1, 0.15) is 0 Å². The number of aliphatic carboxylic acids is 1. The van der Waals surface area contributed by atoms with Crippen LogP contribution in [-0.2, 0) is 16.1 Å². The molecule has 0 spiro atoms. The predicted octanol–water partition coefficient (Wildman–Crippen LogP) is 0.433. The molecule has 2 atom stereocenters. The maximum absolute atomic E-state index is 13.8. The van der Waals surface area contributed by atoms with Crippen molar-refractivity contribution in [3.63, 3.8) is 0 Å². The number of aryl methyl sites for hydroxylation is 2. The Morgan fingerprint density at radius 2 is 1.63 bits per heavy atom. The molecule has 2 amide bonds. The molecular weight excluding hydrogens is 691 g/mol. The van der Waals surface area contributed by atoms with Crippen molar-refractivity contribution in [2.24, 2.45) is 17.8 Å². The summed E-state index contributed by atoms with van der Waals surface area (Å²) >= 11 is 6.39. The van der Waals surface area contributed by atoms with Gasteiger partial charge in [0.2, 0.25) is 11.8 Å². The van der Waals surface area contributed by atoms with Crippen LogP contribution < -0.4 is 73.8 Å². The fourth-order valence-electron chi connectivity index (χ4n) is 7.24. The van der Waals surface area contributed by atoms with Crippen LogP contribution in [0.15, 0.2) is 29.1 Å². The number of carboxylic acid groups (broad SMARTS) is 1. The summed E-state index contributed by atoms with van der Waals surface area (Å²) in [6.45, 7) is 8.49. The van der Waals surface area contributed by atoms with E-state index in [1.54, 1.807) is 29.7 Å². The van der Waals surface area contributed by atoms with Crippen molar-refractivity contribution >= 4 is 35.1 Å². The summed E-state index contributed by atoms with van der Waals surface area (Å²) in [6.07, 6.45) is 0.489. The molecule has 3 aliphatic rings. The number of pyridine rings is 1. The third-order valence-electron chi connectivity index (χ3n) is 9.77. The number of hydrogen-bond acceptors (Lipinski definition) is 6. The number of alkyl halides is 2. The number of benzene rings is 1. The predicted molar refractivity (Wildman–Crippen MR) is 165 cm³/mol. The zero-order valence-electron chi connectivity index (χ0n) is 27.0. The van der Waals surface area contributed by atoms with Gasteiger partial charge < -0.3 is 29.2 Å². The number of fused-ring (bicyclic) bond motifs is 1. The average Bonchev–Trinajstić information content (AvgIpc) is 3.54. The smallest absolute Gasteiger partial charge is 0.548 e. The average molecular weight is 732 g/mol. The molecule has 3 fully saturated rings. The summed E-state index contributed by atoms with van der Waals surface area (Å²) in [6, 6.07) is 6.79. The van der Waals surface area contributed by atoms with Gasteiger partial charge in [0.25, 0.3) is 11.5 Å². The molecule has 3 heterocycles. The third-order valence-corrected chi connectivity index (χ3v) is 10.2. The zero-order valence-corrected chi connectivity index (χ0v) is 32.7. The fraction of sp³-hybridized carbons (Fsp3) is 0.576. The molecule has 244 valence electrons. The van der Waals surface area contributed by atoms with Crippen molar-refractivity contribution in [2.75, 3.05) is 44.2 Å². The number of carboxylic acids is 1. The van der Waals surface area contributed by atoms with E-state index in [0.29, 0.717) is 53.6 Å². The standard InChI is InChI=1S/C33H41ClF2N4O5.Rb/c1-20-5-6-26(14-27(20)34)39(31(44)23-7-9-33(35,36)10-8-23)12-4-11-37-15-24-17-38(18-25(24)16-37)32(45)30-21(2)13-28(41)40(22(30)3)19-29(42)43;/h5-6,13-14,23-25H,4,7-12,15-19H2,1-3H3,(H,42,43);/q;+1/p-1. The first-order chi connectivity index (χ1) is 21.2. The van der Waals surface area contributed by atoms with E-state index in [1.165, 1.54) is 6.07 Å². The summed E-state index contributed by atoms with van der Waals surface area (Å²) in [5.41, 5.74) is 2.29. The first-order valence-corrected chi connectivity index (χ1v) is 16.0. The van der Waals surface area contributed by atoms with Crippen molar-refractivity contribution in [1.82, 2.24) is 14.4 Å². The third kappa shape index (κ3) is 8.37. The second-order valence-corrected chi connectivity index (χ2v) is 13.4. The van der Waals surface area contributed by atoms with Gasteiger partial charge >= 0.3 is 58.2 Å². The van der Waals surface area contributed by atoms with Crippen LogP contribution in [0.25, 0.3) is 0 Å². The number of likely N-dealkylation sites (tertiary alicyclic amines) is 2. The number of rotatable bonds is 9. The zero-order chi connectivity index (χ0) is 32.6. The number of anilines is 1. The van der Waals surface area contributed by atoms with Crippen LogP contribution in [0.1, 0.15) is 59.3 Å². The summed E-state index contributed by atoms with van der Waals surface area (Å²) in [5, 5.41) is 11.7. The molecule has 2 aliphatic heterocycles. The van der Waals surface area contributed by atoms with Crippen molar-refractivity contribution in [2.45, 2.75) is 65.3 Å².